The molecular weight excluding hydrogens is 434 g/mol. The Bertz CT molecular complexity index is 1030. The number of esters is 1. The van der Waals surface area contributed by atoms with Crippen molar-refractivity contribution in [2.24, 2.45) is 5.92 Å². The lowest BCUT2D eigenvalue weighted by Crippen LogP contribution is -2.40. The van der Waals surface area contributed by atoms with Crippen molar-refractivity contribution >= 4 is 44.6 Å². The van der Waals surface area contributed by atoms with Crippen LogP contribution in [0.15, 0.2) is 46.0 Å². The Morgan fingerprint density at radius 1 is 1.23 bits per heavy atom. The average molecular weight is 453 g/mol. The SMILES string of the molecule is O=C(COC(=O)C1CCN(S(=O)(=O)c2cccs2)CC1)Nc1cccc([N+](=O)[O-])c1. The molecule has 0 aliphatic carbocycles. The summed E-state index contributed by atoms with van der Waals surface area (Å²) >= 11 is 1.14. The van der Waals surface area contributed by atoms with Gasteiger partial charge in [-0.25, -0.2) is 8.42 Å². The van der Waals surface area contributed by atoms with Gasteiger partial charge in [0.2, 0.25) is 0 Å². The van der Waals surface area contributed by atoms with Crippen molar-refractivity contribution < 1.29 is 27.7 Å². The second-order valence-corrected chi connectivity index (χ2v) is 9.69. The Morgan fingerprint density at radius 3 is 2.60 bits per heavy atom. The predicted molar refractivity (Wildman–Crippen MR) is 108 cm³/mol. The van der Waals surface area contributed by atoms with E-state index in [0.717, 1.165) is 11.3 Å². The standard InChI is InChI=1S/C18H19N3O7S2/c22-16(19-14-3-1-4-15(11-14)21(24)25)12-28-18(23)13-6-8-20(9-7-13)30(26,27)17-5-2-10-29-17/h1-5,10-11,13H,6-9,12H2,(H,19,22). The van der Waals surface area contributed by atoms with Crippen LogP contribution in [-0.4, -0.2) is 49.2 Å². The molecule has 1 aromatic heterocycles. The van der Waals surface area contributed by atoms with Crippen molar-refractivity contribution in [3.8, 4) is 0 Å². The van der Waals surface area contributed by atoms with Crippen LogP contribution >= 0.6 is 11.3 Å². The minimum absolute atomic E-state index is 0.172. The molecule has 0 spiro atoms. The van der Waals surface area contributed by atoms with Gasteiger partial charge in [-0.2, -0.15) is 4.31 Å². The Morgan fingerprint density at radius 2 is 1.97 bits per heavy atom. The number of nitro groups is 1. The van der Waals surface area contributed by atoms with Gasteiger partial charge in [-0.3, -0.25) is 19.7 Å². The first kappa shape index (κ1) is 21.9. The molecule has 1 aromatic carbocycles. The maximum Gasteiger partial charge on any atom is 0.309 e. The summed E-state index contributed by atoms with van der Waals surface area (Å²) in [5.41, 5.74) is 0.0476. The van der Waals surface area contributed by atoms with Gasteiger partial charge in [0, 0.05) is 30.9 Å². The van der Waals surface area contributed by atoms with E-state index in [1.54, 1.807) is 17.5 Å². The minimum Gasteiger partial charge on any atom is -0.455 e. The third kappa shape index (κ3) is 5.20. The zero-order chi connectivity index (χ0) is 21.7. The topological polar surface area (TPSA) is 136 Å². The first-order valence-electron chi connectivity index (χ1n) is 9.02. The van der Waals surface area contributed by atoms with E-state index >= 15 is 0 Å². The van der Waals surface area contributed by atoms with Crippen LogP contribution in [-0.2, 0) is 24.3 Å². The Kier molecular flexibility index (Phi) is 6.80. The monoisotopic (exact) mass is 453 g/mol. The molecule has 10 nitrogen and oxygen atoms in total. The lowest BCUT2D eigenvalue weighted by molar-refractivity contribution is -0.384. The van der Waals surface area contributed by atoms with Crippen LogP contribution < -0.4 is 5.32 Å². The normalized spacial score (nSPS) is 15.5. The number of anilines is 1. The van der Waals surface area contributed by atoms with Crippen molar-refractivity contribution in [1.82, 2.24) is 4.31 Å². The summed E-state index contributed by atoms with van der Waals surface area (Å²) < 4.78 is 31.7. The fraction of sp³-hybridized carbons (Fsp3) is 0.333. The summed E-state index contributed by atoms with van der Waals surface area (Å²) in [6, 6.07) is 8.61. The fourth-order valence-corrected chi connectivity index (χ4v) is 5.63. The van der Waals surface area contributed by atoms with Crippen molar-refractivity contribution in [2.75, 3.05) is 25.0 Å². The van der Waals surface area contributed by atoms with Crippen LogP contribution in [0.5, 0.6) is 0 Å². The molecule has 1 saturated heterocycles. The lowest BCUT2D eigenvalue weighted by atomic mass is 9.98. The summed E-state index contributed by atoms with van der Waals surface area (Å²) in [5, 5.41) is 14.9. The molecule has 30 heavy (non-hydrogen) atoms. The number of nitrogens with zero attached hydrogens (tertiary/aromatic N) is 2. The summed E-state index contributed by atoms with van der Waals surface area (Å²) in [6.07, 6.45) is 0.603. The summed E-state index contributed by atoms with van der Waals surface area (Å²) in [5.74, 6) is -1.69. The third-order valence-electron chi connectivity index (χ3n) is 4.56. The first-order valence-corrected chi connectivity index (χ1v) is 11.3. The van der Waals surface area contributed by atoms with Gasteiger partial charge in [-0.15, -0.1) is 11.3 Å². The summed E-state index contributed by atoms with van der Waals surface area (Å²) in [6.45, 7) is -0.144. The number of non-ortho nitro benzene ring substituents is 1. The lowest BCUT2D eigenvalue weighted by Gasteiger charge is -2.29. The van der Waals surface area contributed by atoms with Crippen LogP contribution in [0, 0.1) is 16.0 Å². The molecule has 0 saturated carbocycles. The molecule has 1 amide bonds. The fourth-order valence-electron chi connectivity index (χ4n) is 3.02. The third-order valence-corrected chi connectivity index (χ3v) is 7.83. The molecule has 0 unspecified atom stereocenters. The number of rotatable bonds is 7. The number of piperidine rings is 1. The van der Waals surface area contributed by atoms with Crippen LogP contribution in [0.2, 0.25) is 0 Å². The predicted octanol–water partition coefficient (Wildman–Crippen LogP) is 2.24. The number of nitrogens with one attached hydrogen (secondary N) is 1. The van der Waals surface area contributed by atoms with Gasteiger partial charge in [0.1, 0.15) is 4.21 Å². The molecule has 1 fully saturated rings. The second kappa shape index (κ2) is 9.32. The number of hydrogen-bond donors (Lipinski definition) is 1. The van der Waals surface area contributed by atoms with Crippen molar-refractivity contribution in [1.29, 1.82) is 0 Å². The van der Waals surface area contributed by atoms with Crippen LogP contribution in [0.4, 0.5) is 11.4 Å². The molecule has 1 aliphatic rings. The number of ether oxygens (including phenoxy) is 1. The van der Waals surface area contributed by atoms with Crippen molar-refractivity contribution in [2.45, 2.75) is 17.1 Å². The number of nitro benzene ring substituents is 1. The highest BCUT2D eigenvalue weighted by atomic mass is 32.2. The molecule has 1 aliphatic heterocycles. The van der Waals surface area contributed by atoms with Gasteiger partial charge >= 0.3 is 5.97 Å². The van der Waals surface area contributed by atoms with E-state index in [2.05, 4.69) is 5.32 Å². The number of benzene rings is 1. The average Bonchev–Trinajstić information content (AvgIpc) is 3.28. The molecule has 1 N–H and O–H groups in total. The van der Waals surface area contributed by atoms with E-state index in [1.807, 2.05) is 0 Å². The zero-order valence-electron chi connectivity index (χ0n) is 15.7. The van der Waals surface area contributed by atoms with E-state index in [0.29, 0.717) is 12.8 Å². The van der Waals surface area contributed by atoms with E-state index in [4.69, 9.17) is 4.74 Å². The maximum absolute atomic E-state index is 12.5. The maximum atomic E-state index is 12.5. The Hall–Kier alpha value is -2.83. The number of hydrogen-bond acceptors (Lipinski definition) is 8. The molecule has 12 heteroatoms. The minimum atomic E-state index is -3.55. The molecule has 0 atom stereocenters. The highest BCUT2D eigenvalue weighted by Crippen LogP contribution is 2.26. The first-order chi connectivity index (χ1) is 14.3. The van der Waals surface area contributed by atoms with Gasteiger partial charge in [-0.05, 0) is 30.4 Å². The molecule has 2 aromatic rings. The quantitative estimate of drug-likeness (QED) is 0.386. The smallest absolute Gasteiger partial charge is 0.309 e. The highest BCUT2D eigenvalue weighted by Gasteiger charge is 2.33. The van der Waals surface area contributed by atoms with Gasteiger partial charge in [0.15, 0.2) is 6.61 Å². The molecule has 0 bridgehead atoms. The number of carbonyl (C=O) groups excluding carboxylic acids is 2. The number of amides is 1. The number of carbonyl (C=O) groups is 2. The Balaban J connectivity index is 1.46. The van der Waals surface area contributed by atoms with Crippen LogP contribution in [0.25, 0.3) is 0 Å². The zero-order valence-corrected chi connectivity index (χ0v) is 17.4. The molecule has 2 heterocycles. The Labute approximate surface area is 176 Å². The van der Waals surface area contributed by atoms with Crippen molar-refractivity contribution in [3.05, 3.63) is 51.9 Å². The van der Waals surface area contributed by atoms with E-state index < -0.39 is 39.3 Å². The van der Waals surface area contributed by atoms with E-state index in [9.17, 15) is 28.1 Å². The molecular formula is C18H19N3O7S2. The van der Waals surface area contributed by atoms with Gasteiger partial charge in [0.05, 0.1) is 10.8 Å². The second-order valence-electron chi connectivity index (χ2n) is 6.57. The molecule has 160 valence electrons. The van der Waals surface area contributed by atoms with Crippen molar-refractivity contribution in [3.63, 3.8) is 0 Å². The molecule has 0 radical (unpaired) electrons. The highest BCUT2D eigenvalue weighted by molar-refractivity contribution is 7.91. The summed E-state index contributed by atoms with van der Waals surface area (Å²) in [4.78, 5) is 34.4. The number of sulfonamides is 1. The van der Waals surface area contributed by atoms with E-state index in [-0.39, 0.29) is 28.7 Å². The number of thiophene rings is 1. The van der Waals surface area contributed by atoms with Crippen LogP contribution in [0.1, 0.15) is 12.8 Å². The van der Waals surface area contributed by atoms with Gasteiger partial charge in [-0.1, -0.05) is 12.1 Å². The van der Waals surface area contributed by atoms with Gasteiger partial charge < -0.3 is 10.1 Å². The van der Waals surface area contributed by atoms with Crippen LogP contribution in [0.3, 0.4) is 0 Å². The van der Waals surface area contributed by atoms with E-state index in [1.165, 1.54) is 28.6 Å². The summed E-state index contributed by atoms with van der Waals surface area (Å²) in [7, 11) is -3.55. The molecule has 3 rings (SSSR count). The van der Waals surface area contributed by atoms with Gasteiger partial charge in [0.25, 0.3) is 21.6 Å². The largest absolute Gasteiger partial charge is 0.455 e.